The molecule has 0 radical (unpaired) electrons. The van der Waals surface area contributed by atoms with E-state index in [1.165, 1.54) is 24.9 Å². The summed E-state index contributed by atoms with van der Waals surface area (Å²) in [5.41, 5.74) is 3.43. The summed E-state index contributed by atoms with van der Waals surface area (Å²) in [4.78, 5) is 0. The summed E-state index contributed by atoms with van der Waals surface area (Å²) in [6.45, 7) is 5.65. The van der Waals surface area contributed by atoms with Gasteiger partial charge in [0.2, 0.25) is 0 Å². The zero-order valence-electron chi connectivity index (χ0n) is 9.59. The maximum absolute atomic E-state index is 3.66. The van der Waals surface area contributed by atoms with Crippen molar-refractivity contribution in [3.8, 4) is 0 Å². The van der Waals surface area contributed by atoms with Crippen molar-refractivity contribution < 1.29 is 0 Å². The highest BCUT2D eigenvalue weighted by molar-refractivity contribution is 5.39. The number of fused-ring (bicyclic) bond motifs is 1. The first kappa shape index (κ1) is 9.41. The molecule has 3 unspecified atom stereocenters. The van der Waals surface area contributed by atoms with E-state index in [-0.39, 0.29) is 0 Å². The maximum Gasteiger partial charge on any atom is 0.0125 e. The van der Waals surface area contributed by atoms with Gasteiger partial charge in [-0.25, -0.2) is 0 Å². The minimum atomic E-state index is 0.508. The highest BCUT2D eigenvalue weighted by atomic mass is 15.0. The third kappa shape index (κ3) is 1.26. The topological polar surface area (TPSA) is 12.0 Å². The summed E-state index contributed by atoms with van der Waals surface area (Å²) in [5, 5.41) is 3.66. The molecule has 3 atom stereocenters. The molecule has 1 aromatic carbocycles. The van der Waals surface area contributed by atoms with E-state index in [9.17, 15) is 0 Å². The fourth-order valence-electron chi connectivity index (χ4n) is 3.27. The predicted octanol–water partition coefficient (Wildman–Crippen LogP) is 2.63. The van der Waals surface area contributed by atoms with E-state index in [0.717, 1.165) is 12.0 Å². The van der Waals surface area contributed by atoms with Gasteiger partial charge in [0.15, 0.2) is 0 Å². The second kappa shape index (κ2) is 3.08. The van der Waals surface area contributed by atoms with E-state index < -0.39 is 0 Å². The molecule has 0 spiro atoms. The van der Waals surface area contributed by atoms with Crippen LogP contribution in [0.5, 0.6) is 0 Å². The van der Waals surface area contributed by atoms with E-state index in [1.54, 1.807) is 5.56 Å². The quantitative estimate of drug-likeness (QED) is 0.775. The number of hydrogen-bond donors (Lipinski definition) is 1. The number of aryl methyl sites for hydroxylation is 1. The van der Waals surface area contributed by atoms with Crippen LogP contribution in [0.25, 0.3) is 0 Å². The largest absolute Gasteiger partial charge is 0.313 e. The van der Waals surface area contributed by atoms with Crippen molar-refractivity contribution in [2.24, 2.45) is 5.92 Å². The number of rotatable bonds is 2. The van der Waals surface area contributed by atoms with Crippen LogP contribution < -0.4 is 5.32 Å². The Labute approximate surface area is 91.9 Å². The second-order valence-electron chi connectivity index (χ2n) is 5.23. The Bertz CT molecular complexity index is 367. The maximum atomic E-state index is 3.66. The molecule has 3 rings (SSSR count). The van der Waals surface area contributed by atoms with Crippen LogP contribution in [0.4, 0.5) is 0 Å². The molecule has 2 aliphatic rings. The van der Waals surface area contributed by atoms with Crippen LogP contribution in [0.3, 0.4) is 0 Å². The zero-order valence-corrected chi connectivity index (χ0v) is 9.59. The highest BCUT2D eigenvalue weighted by Gasteiger charge is 2.61. The van der Waals surface area contributed by atoms with Crippen LogP contribution in [0, 0.1) is 12.8 Å². The Morgan fingerprint density at radius 1 is 1.33 bits per heavy atom. The Balaban J connectivity index is 1.88. The molecule has 1 aromatic rings. The van der Waals surface area contributed by atoms with Crippen LogP contribution in [0.1, 0.15) is 30.9 Å². The third-order valence-corrected chi connectivity index (χ3v) is 4.37. The molecule has 1 saturated carbocycles. The van der Waals surface area contributed by atoms with E-state index in [2.05, 4.69) is 43.4 Å². The fourth-order valence-corrected chi connectivity index (χ4v) is 3.27. The Morgan fingerprint density at radius 3 is 2.60 bits per heavy atom. The van der Waals surface area contributed by atoms with Crippen molar-refractivity contribution in [1.29, 1.82) is 0 Å². The van der Waals surface area contributed by atoms with Gasteiger partial charge < -0.3 is 5.32 Å². The number of hydrogen-bond acceptors (Lipinski definition) is 1. The van der Waals surface area contributed by atoms with Gasteiger partial charge in [-0.15, -0.1) is 0 Å². The molecule has 80 valence electrons. The molecule has 1 aliphatic heterocycles. The molecule has 1 N–H and O–H groups in total. The van der Waals surface area contributed by atoms with Gasteiger partial charge in [0, 0.05) is 18.0 Å². The van der Waals surface area contributed by atoms with E-state index in [0.29, 0.717) is 5.41 Å². The average Bonchev–Trinajstić information content (AvgIpc) is 2.88. The third-order valence-electron chi connectivity index (χ3n) is 4.37. The zero-order chi connectivity index (χ0) is 10.5. The second-order valence-corrected chi connectivity index (χ2v) is 5.23. The van der Waals surface area contributed by atoms with Gasteiger partial charge >= 0.3 is 0 Å². The van der Waals surface area contributed by atoms with E-state index in [1.807, 2.05) is 0 Å². The van der Waals surface area contributed by atoms with Crippen molar-refractivity contribution in [2.45, 2.75) is 38.1 Å². The lowest BCUT2D eigenvalue weighted by Crippen LogP contribution is -2.26. The Morgan fingerprint density at radius 2 is 2.07 bits per heavy atom. The smallest absolute Gasteiger partial charge is 0.0125 e. The minimum Gasteiger partial charge on any atom is -0.313 e. The molecule has 0 amide bonds. The first-order valence-electron chi connectivity index (χ1n) is 6.07. The molecular formula is C14H19N. The van der Waals surface area contributed by atoms with Crippen LogP contribution in [0.15, 0.2) is 24.3 Å². The average molecular weight is 201 g/mol. The molecular weight excluding hydrogens is 182 g/mol. The number of piperidine rings is 1. The monoisotopic (exact) mass is 201 g/mol. The Hall–Kier alpha value is -0.820. The van der Waals surface area contributed by atoms with Crippen LogP contribution in [0.2, 0.25) is 0 Å². The van der Waals surface area contributed by atoms with Gasteiger partial charge in [-0.1, -0.05) is 36.8 Å². The SMILES string of the molecule is CCC1NCC2(c3ccc(C)cc3)CC12. The summed E-state index contributed by atoms with van der Waals surface area (Å²) < 4.78 is 0. The van der Waals surface area contributed by atoms with Crippen molar-refractivity contribution in [1.82, 2.24) is 5.32 Å². The molecule has 0 aromatic heterocycles. The van der Waals surface area contributed by atoms with Gasteiger partial charge in [0.25, 0.3) is 0 Å². The molecule has 1 aliphatic carbocycles. The van der Waals surface area contributed by atoms with Crippen molar-refractivity contribution in [3.63, 3.8) is 0 Å². The fraction of sp³-hybridized carbons (Fsp3) is 0.571. The van der Waals surface area contributed by atoms with Gasteiger partial charge in [0.05, 0.1) is 0 Å². The van der Waals surface area contributed by atoms with E-state index >= 15 is 0 Å². The molecule has 15 heavy (non-hydrogen) atoms. The molecule has 1 nitrogen and oxygen atoms in total. The molecule has 1 heteroatoms. The molecule has 2 fully saturated rings. The predicted molar refractivity (Wildman–Crippen MR) is 63.0 cm³/mol. The van der Waals surface area contributed by atoms with Crippen molar-refractivity contribution >= 4 is 0 Å². The molecule has 1 saturated heterocycles. The van der Waals surface area contributed by atoms with Crippen molar-refractivity contribution in [2.75, 3.05) is 6.54 Å². The molecule has 0 bridgehead atoms. The van der Waals surface area contributed by atoms with Gasteiger partial charge in [-0.3, -0.25) is 0 Å². The van der Waals surface area contributed by atoms with Gasteiger partial charge in [-0.2, -0.15) is 0 Å². The minimum absolute atomic E-state index is 0.508. The normalized spacial score (nSPS) is 37.7. The van der Waals surface area contributed by atoms with Gasteiger partial charge in [-0.05, 0) is 31.2 Å². The lowest BCUT2D eigenvalue weighted by Gasteiger charge is -2.12. The summed E-state index contributed by atoms with van der Waals surface area (Å²) in [6, 6.07) is 9.92. The number of benzene rings is 1. The van der Waals surface area contributed by atoms with E-state index in [4.69, 9.17) is 0 Å². The summed E-state index contributed by atoms with van der Waals surface area (Å²) in [6.07, 6.45) is 2.68. The van der Waals surface area contributed by atoms with Crippen LogP contribution >= 0.6 is 0 Å². The van der Waals surface area contributed by atoms with Gasteiger partial charge in [0.1, 0.15) is 0 Å². The Kier molecular flexibility index (Phi) is 1.93. The summed E-state index contributed by atoms with van der Waals surface area (Å²) >= 11 is 0. The standard InChI is InChI=1S/C14H19N/c1-3-13-12-8-14(12,9-15-13)11-6-4-10(2)5-7-11/h4-7,12-13,15H,3,8-9H2,1-2H3. The summed E-state index contributed by atoms with van der Waals surface area (Å²) in [5.74, 6) is 0.908. The van der Waals surface area contributed by atoms with Crippen LogP contribution in [-0.4, -0.2) is 12.6 Å². The summed E-state index contributed by atoms with van der Waals surface area (Å²) in [7, 11) is 0. The number of nitrogens with one attached hydrogen (secondary N) is 1. The highest BCUT2D eigenvalue weighted by Crippen LogP contribution is 2.59. The first-order chi connectivity index (χ1) is 7.26. The van der Waals surface area contributed by atoms with Crippen molar-refractivity contribution in [3.05, 3.63) is 35.4 Å². The lowest BCUT2D eigenvalue weighted by molar-refractivity contribution is 0.519. The van der Waals surface area contributed by atoms with Crippen LogP contribution in [-0.2, 0) is 5.41 Å². The first-order valence-corrected chi connectivity index (χ1v) is 6.07. The lowest BCUT2D eigenvalue weighted by atomic mass is 9.93. The molecule has 1 heterocycles.